The van der Waals surface area contributed by atoms with Crippen molar-refractivity contribution in [3.05, 3.63) is 45.8 Å². The summed E-state index contributed by atoms with van der Waals surface area (Å²) in [5, 5.41) is 6.95. The van der Waals surface area contributed by atoms with Crippen molar-refractivity contribution in [2.24, 2.45) is 0 Å². The molecule has 0 fully saturated rings. The van der Waals surface area contributed by atoms with E-state index in [2.05, 4.69) is 31.4 Å². The number of aromatic nitrogens is 2. The van der Waals surface area contributed by atoms with Gasteiger partial charge in [-0.25, -0.2) is 4.39 Å². The first kappa shape index (κ1) is 13.2. The van der Waals surface area contributed by atoms with Crippen LogP contribution in [-0.2, 0) is 6.54 Å². The van der Waals surface area contributed by atoms with Gasteiger partial charge in [0.25, 0.3) is 0 Å². The first-order valence-corrected chi connectivity index (χ1v) is 6.33. The summed E-state index contributed by atoms with van der Waals surface area (Å²) in [6.07, 6.45) is 0. The Bertz CT molecular complexity index is 544. The van der Waals surface area contributed by atoms with Gasteiger partial charge in [-0.3, -0.25) is 0 Å². The molecule has 0 aliphatic rings. The van der Waals surface area contributed by atoms with Crippen LogP contribution in [0.5, 0.6) is 0 Å². The average Bonchev–Trinajstić information content (AvgIpc) is 2.72. The maximum Gasteiger partial charge on any atom is 0.240 e. The molecule has 18 heavy (non-hydrogen) atoms. The van der Waals surface area contributed by atoms with Crippen LogP contribution in [0.2, 0.25) is 0 Å². The van der Waals surface area contributed by atoms with Crippen molar-refractivity contribution in [3.63, 3.8) is 0 Å². The first-order valence-electron chi connectivity index (χ1n) is 5.54. The Morgan fingerprint density at radius 1 is 1.50 bits per heavy atom. The average molecular weight is 314 g/mol. The molecule has 2 rings (SSSR count). The van der Waals surface area contributed by atoms with Gasteiger partial charge >= 0.3 is 0 Å². The van der Waals surface area contributed by atoms with Crippen LogP contribution in [0.4, 0.5) is 4.39 Å². The summed E-state index contributed by atoms with van der Waals surface area (Å²) in [5.41, 5.74) is 0.979. The molecule has 0 saturated carbocycles. The van der Waals surface area contributed by atoms with E-state index in [1.54, 1.807) is 13.0 Å². The van der Waals surface area contributed by atoms with Gasteiger partial charge in [-0.1, -0.05) is 27.2 Å². The molecule has 1 heterocycles. The summed E-state index contributed by atoms with van der Waals surface area (Å²) in [4.78, 5) is 4.10. The number of hydrogen-bond donors (Lipinski definition) is 1. The number of aryl methyl sites for hydroxylation is 1. The van der Waals surface area contributed by atoms with E-state index in [0.29, 0.717) is 18.3 Å². The van der Waals surface area contributed by atoms with Crippen LogP contribution in [0.1, 0.15) is 30.2 Å². The summed E-state index contributed by atoms with van der Waals surface area (Å²) in [7, 11) is 0. The molecule has 0 radical (unpaired) electrons. The Balaban J connectivity index is 2.01. The van der Waals surface area contributed by atoms with E-state index in [1.165, 1.54) is 12.1 Å². The topological polar surface area (TPSA) is 51.0 Å². The molecule has 4 nitrogen and oxygen atoms in total. The molecule has 0 bridgehead atoms. The number of hydrogen-bond acceptors (Lipinski definition) is 4. The van der Waals surface area contributed by atoms with Gasteiger partial charge in [-0.05, 0) is 31.5 Å². The summed E-state index contributed by atoms with van der Waals surface area (Å²) >= 11 is 3.35. The normalized spacial score (nSPS) is 12.7. The van der Waals surface area contributed by atoms with Crippen molar-refractivity contribution in [2.75, 3.05) is 0 Å². The Morgan fingerprint density at radius 3 is 2.89 bits per heavy atom. The van der Waals surface area contributed by atoms with Crippen molar-refractivity contribution in [3.8, 4) is 0 Å². The van der Waals surface area contributed by atoms with Crippen LogP contribution in [0.3, 0.4) is 0 Å². The Hall–Kier alpha value is -1.27. The van der Waals surface area contributed by atoms with Gasteiger partial charge < -0.3 is 9.84 Å². The molecular weight excluding hydrogens is 301 g/mol. The Kier molecular flexibility index (Phi) is 4.08. The highest BCUT2D eigenvalue weighted by molar-refractivity contribution is 9.10. The summed E-state index contributed by atoms with van der Waals surface area (Å²) < 4.78 is 18.7. The fraction of sp³-hybridized carbons (Fsp3) is 0.333. The monoisotopic (exact) mass is 313 g/mol. The van der Waals surface area contributed by atoms with Crippen LogP contribution in [0.25, 0.3) is 0 Å². The summed E-state index contributed by atoms with van der Waals surface area (Å²) in [6, 6.07) is 4.68. The van der Waals surface area contributed by atoms with Crippen molar-refractivity contribution >= 4 is 15.9 Å². The van der Waals surface area contributed by atoms with E-state index in [0.717, 1.165) is 10.0 Å². The van der Waals surface area contributed by atoms with Gasteiger partial charge in [0.05, 0.1) is 6.54 Å². The number of benzene rings is 1. The minimum atomic E-state index is -0.259. The lowest BCUT2D eigenvalue weighted by molar-refractivity contribution is 0.357. The zero-order valence-corrected chi connectivity index (χ0v) is 11.7. The maximum atomic E-state index is 13.0. The molecule has 1 atom stereocenters. The standard InChI is InChI=1S/C12H13BrFN3O/c1-7(10-4-3-9(14)5-11(10)13)15-6-12-16-8(2)17-18-12/h3-5,7,15H,6H2,1-2H3. The first-order chi connectivity index (χ1) is 8.56. The predicted octanol–water partition coefficient (Wildman–Crippen LogP) is 3.13. The molecule has 0 aliphatic heterocycles. The number of nitrogens with one attached hydrogen (secondary N) is 1. The lowest BCUT2D eigenvalue weighted by atomic mass is 10.1. The molecule has 0 saturated heterocycles. The fourth-order valence-electron chi connectivity index (χ4n) is 1.61. The maximum absolute atomic E-state index is 13.0. The van der Waals surface area contributed by atoms with Gasteiger partial charge in [0.1, 0.15) is 5.82 Å². The second kappa shape index (κ2) is 5.58. The molecule has 6 heteroatoms. The fourth-order valence-corrected chi connectivity index (χ4v) is 2.31. The molecule has 0 spiro atoms. The smallest absolute Gasteiger partial charge is 0.240 e. The second-order valence-corrected chi connectivity index (χ2v) is 4.86. The van der Waals surface area contributed by atoms with Crippen LogP contribution in [-0.4, -0.2) is 10.1 Å². The van der Waals surface area contributed by atoms with Crippen LogP contribution in [0, 0.1) is 12.7 Å². The van der Waals surface area contributed by atoms with E-state index in [4.69, 9.17) is 4.52 Å². The minimum absolute atomic E-state index is 0.0483. The van der Waals surface area contributed by atoms with E-state index in [1.807, 2.05) is 6.92 Å². The van der Waals surface area contributed by atoms with E-state index >= 15 is 0 Å². The largest absolute Gasteiger partial charge is 0.338 e. The zero-order chi connectivity index (χ0) is 13.1. The third-order valence-corrected chi connectivity index (χ3v) is 3.24. The summed E-state index contributed by atoms with van der Waals surface area (Å²) in [5.74, 6) is 0.894. The van der Waals surface area contributed by atoms with Gasteiger partial charge in [0, 0.05) is 10.5 Å². The van der Waals surface area contributed by atoms with Crippen molar-refractivity contribution in [1.82, 2.24) is 15.5 Å². The Morgan fingerprint density at radius 2 is 2.28 bits per heavy atom. The highest BCUT2D eigenvalue weighted by Gasteiger charge is 2.11. The number of halogens is 2. The van der Waals surface area contributed by atoms with E-state index < -0.39 is 0 Å². The summed E-state index contributed by atoms with van der Waals surface area (Å²) in [6.45, 7) is 4.24. The molecule has 0 aliphatic carbocycles. The quantitative estimate of drug-likeness (QED) is 0.942. The molecule has 96 valence electrons. The van der Waals surface area contributed by atoms with E-state index in [-0.39, 0.29) is 11.9 Å². The third kappa shape index (κ3) is 3.14. The lowest BCUT2D eigenvalue weighted by Crippen LogP contribution is -2.18. The van der Waals surface area contributed by atoms with Crippen molar-refractivity contribution in [1.29, 1.82) is 0 Å². The molecule has 1 unspecified atom stereocenters. The van der Waals surface area contributed by atoms with Crippen LogP contribution >= 0.6 is 15.9 Å². The highest BCUT2D eigenvalue weighted by atomic mass is 79.9. The Labute approximate surface area is 113 Å². The van der Waals surface area contributed by atoms with Gasteiger partial charge in [-0.2, -0.15) is 4.98 Å². The molecule has 1 aromatic carbocycles. The second-order valence-electron chi connectivity index (χ2n) is 4.00. The number of rotatable bonds is 4. The molecule has 2 aromatic rings. The van der Waals surface area contributed by atoms with E-state index in [9.17, 15) is 4.39 Å². The zero-order valence-electron chi connectivity index (χ0n) is 10.1. The van der Waals surface area contributed by atoms with Crippen molar-refractivity contribution in [2.45, 2.75) is 26.4 Å². The molecular formula is C12H13BrFN3O. The van der Waals surface area contributed by atoms with Crippen LogP contribution < -0.4 is 5.32 Å². The van der Waals surface area contributed by atoms with Crippen LogP contribution in [0.15, 0.2) is 27.2 Å². The van der Waals surface area contributed by atoms with Gasteiger partial charge in [-0.15, -0.1) is 0 Å². The van der Waals surface area contributed by atoms with Gasteiger partial charge in [0.15, 0.2) is 5.82 Å². The molecule has 1 N–H and O–H groups in total. The molecule has 1 aromatic heterocycles. The SMILES string of the molecule is Cc1noc(CNC(C)c2ccc(F)cc2Br)n1. The van der Waals surface area contributed by atoms with Gasteiger partial charge in [0.2, 0.25) is 5.89 Å². The highest BCUT2D eigenvalue weighted by Crippen LogP contribution is 2.24. The lowest BCUT2D eigenvalue weighted by Gasteiger charge is -2.14. The van der Waals surface area contributed by atoms with Crippen molar-refractivity contribution < 1.29 is 8.91 Å². The minimum Gasteiger partial charge on any atom is -0.338 e. The molecule has 0 amide bonds. The predicted molar refractivity (Wildman–Crippen MR) is 68.4 cm³/mol. The third-order valence-electron chi connectivity index (χ3n) is 2.56. The number of nitrogens with zero attached hydrogens (tertiary/aromatic N) is 2.